The van der Waals surface area contributed by atoms with Gasteiger partial charge in [-0.25, -0.2) is 0 Å². The first kappa shape index (κ1) is 12.8. The van der Waals surface area contributed by atoms with E-state index in [-0.39, 0.29) is 6.04 Å². The number of fused-ring (bicyclic) bond motifs is 1. The van der Waals surface area contributed by atoms with Gasteiger partial charge in [0.2, 0.25) is 0 Å². The summed E-state index contributed by atoms with van der Waals surface area (Å²) in [6.45, 7) is 2.04. The lowest BCUT2D eigenvalue weighted by molar-refractivity contribution is 0.686. The number of para-hydroxylation sites is 1. The Balaban J connectivity index is 2.20. The van der Waals surface area contributed by atoms with Gasteiger partial charge in [-0.05, 0) is 37.2 Å². The van der Waals surface area contributed by atoms with Crippen LogP contribution in [0.4, 0.5) is 0 Å². The molecule has 0 aliphatic rings. The Kier molecular flexibility index (Phi) is 3.44. The SMILES string of the molecule is CNC(c1cccnc1C)c1cccc2cccnc12. The van der Waals surface area contributed by atoms with Crippen molar-refractivity contribution in [2.45, 2.75) is 13.0 Å². The summed E-state index contributed by atoms with van der Waals surface area (Å²) >= 11 is 0. The van der Waals surface area contributed by atoms with Crippen molar-refractivity contribution >= 4 is 10.9 Å². The molecular weight excluding hydrogens is 246 g/mol. The second-order valence-corrected chi connectivity index (χ2v) is 4.82. The van der Waals surface area contributed by atoms with Gasteiger partial charge >= 0.3 is 0 Å². The number of aryl methyl sites for hydroxylation is 1. The maximum absolute atomic E-state index is 4.54. The van der Waals surface area contributed by atoms with Crippen LogP contribution in [0.1, 0.15) is 22.9 Å². The van der Waals surface area contributed by atoms with Crippen molar-refractivity contribution in [1.29, 1.82) is 0 Å². The minimum Gasteiger partial charge on any atom is -0.309 e. The summed E-state index contributed by atoms with van der Waals surface area (Å²) in [4.78, 5) is 8.94. The van der Waals surface area contributed by atoms with E-state index in [1.165, 1.54) is 11.1 Å². The molecule has 0 aliphatic carbocycles. The Morgan fingerprint density at radius 1 is 0.900 bits per heavy atom. The molecule has 3 aromatic rings. The fourth-order valence-electron chi connectivity index (χ4n) is 2.64. The highest BCUT2D eigenvalue weighted by Crippen LogP contribution is 2.28. The molecule has 3 rings (SSSR count). The van der Waals surface area contributed by atoms with Crippen LogP contribution in [-0.4, -0.2) is 17.0 Å². The van der Waals surface area contributed by atoms with Gasteiger partial charge in [0.25, 0.3) is 0 Å². The Labute approximate surface area is 118 Å². The van der Waals surface area contributed by atoms with Gasteiger partial charge in [-0.3, -0.25) is 9.97 Å². The number of nitrogens with zero attached hydrogens (tertiary/aromatic N) is 2. The summed E-state index contributed by atoms with van der Waals surface area (Å²) in [6, 6.07) is 14.6. The standard InChI is InChI=1S/C17H17N3/c1-12-14(9-5-10-19-12)17(18-2)15-8-3-6-13-7-4-11-20-16(13)15/h3-11,17-18H,1-2H3. The van der Waals surface area contributed by atoms with Crippen LogP contribution in [0.15, 0.2) is 54.9 Å². The first-order valence-corrected chi connectivity index (χ1v) is 6.73. The lowest BCUT2D eigenvalue weighted by atomic mass is 9.95. The van der Waals surface area contributed by atoms with Crippen molar-refractivity contribution in [3.8, 4) is 0 Å². The zero-order chi connectivity index (χ0) is 13.9. The third-order valence-electron chi connectivity index (χ3n) is 3.62. The molecule has 0 spiro atoms. The van der Waals surface area contributed by atoms with Crippen molar-refractivity contribution < 1.29 is 0 Å². The molecule has 1 N–H and O–H groups in total. The molecule has 100 valence electrons. The third kappa shape index (κ3) is 2.17. The monoisotopic (exact) mass is 263 g/mol. The zero-order valence-electron chi connectivity index (χ0n) is 11.7. The van der Waals surface area contributed by atoms with E-state index < -0.39 is 0 Å². The fourth-order valence-corrected chi connectivity index (χ4v) is 2.64. The maximum atomic E-state index is 4.54. The normalized spacial score (nSPS) is 12.5. The molecule has 0 radical (unpaired) electrons. The van der Waals surface area contributed by atoms with E-state index in [0.29, 0.717) is 0 Å². The molecule has 1 atom stereocenters. The van der Waals surface area contributed by atoms with Crippen LogP contribution >= 0.6 is 0 Å². The molecule has 20 heavy (non-hydrogen) atoms. The fraction of sp³-hybridized carbons (Fsp3) is 0.176. The summed E-state index contributed by atoms with van der Waals surface area (Å²) in [5.74, 6) is 0. The Morgan fingerprint density at radius 3 is 2.40 bits per heavy atom. The molecule has 3 nitrogen and oxygen atoms in total. The van der Waals surface area contributed by atoms with Gasteiger partial charge in [-0.15, -0.1) is 0 Å². The zero-order valence-corrected chi connectivity index (χ0v) is 11.7. The third-order valence-corrected chi connectivity index (χ3v) is 3.62. The summed E-state index contributed by atoms with van der Waals surface area (Å²) < 4.78 is 0. The second kappa shape index (κ2) is 5.39. The van der Waals surface area contributed by atoms with Crippen molar-refractivity contribution in [2.75, 3.05) is 7.05 Å². The highest BCUT2D eigenvalue weighted by molar-refractivity contribution is 5.82. The summed E-state index contributed by atoms with van der Waals surface area (Å²) in [6.07, 6.45) is 3.67. The predicted molar refractivity (Wildman–Crippen MR) is 81.6 cm³/mol. The van der Waals surface area contributed by atoms with E-state index in [9.17, 15) is 0 Å². The molecular formula is C17H17N3. The Bertz CT molecular complexity index is 732. The highest BCUT2D eigenvalue weighted by Gasteiger charge is 2.17. The van der Waals surface area contributed by atoms with E-state index in [2.05, 4.69) is 45.6 Å². The van der Waals surface area contributed by atoms with Gasteiger partial charge in [0, 0.05) is 23.5 Å². The Hall–Kier alpha value is -2.26. The lowest BCUT2D eigenvalue weighted by Gasteiger charge is -2.20. The summed E-state index contributed by atoms with van der Waals surface area (Å²) in [5.41, 5.74) is 4.45. The van der Waals surface area contributed by atoms with Crippen LogP contribution in [0.5, 0.6) is 0 Å². The van der Waals surface area contributed by atoms with E-state index in [0.717, 1.165) is 16.6 Å². The second-order valence-electron chi connectivity index (χ2n) is 4.82. The minimum absolute atomic E-state index is 0.0994. The average Bonchev–Trinajstić information content (AvgIpc) is 2.50. The van der Waals surface area contributed by atoms with E-state index in [1.54, 1.807) is 0 Å². The molecule has 0 bridgehead atoms. The van der Waals surface area contributed by atoms with Crippen molar-refractivity contribution in [1.82, 2.24) is 15.3 Å². The molecule has 2 heterocycles. The van der Waals surface area contributed by atoms with Crippen LogP contribution in [0, 0.1) is 6.92 Å². The smallest absolute Gasteiger partial charge is 0.0753 e. The van der Waals surface area contributed by atoms with Gasteiger partial charge in [-0.2, -0.15) is 0 Å². The van der Waals surface area contributed by atoms with Crippen molar-refractivity contribution in [3.05, 3.63) is 71.7 Å². The largest absolute Gasteiger partial charge is 0.309 e. The van der Waals surface area contributed by atoms with Gasteiger partial charge in [0.15, 0.2) is 0 Å². The molecule has 2 aromatic heterocycles. The van der Waals surface area contributed by atoms with E-state index in [4.69, 9.17) is 0 Å². The molecule has 1 aromatic carbocycles. The number of pyridine rings is 2. The molecule has 0 aliphatic heterocycles. The predicted octanol–water partition coefficient (Wildman–Crippen LogP) is 3.25. The summed E-state index contributed by atoms with van der Waals surface area (Å²) in [7, 11) is 1.97. The van der Waals surface area contributed by atoms with E-state index >= 15 is 0 Å². The molecule has 0 saturated heterocycles. The first-order valence-electron chi connectivity index (χ1n) is 6.73. The van der Waals surface area contributed by atoms with Crippen LogP contribution < -0.4 is 5.32 Å². The number of aromatic nitrogens is 2. The first-order chi connectivity index (χ1) is 9.81. The van der Waals surface area contributed by atoms with Gasteiger partial charge in [0.05, 0.1) is 11.6 Å². The molecule has 0 saturated carbocycles. The molecule has 3 heteroatoms. The number of benzene rings is 1. The number of nitrogens with one attached hydrogen (secondary N) is 1. The van der Waals surface area contributed by atoms with Crippen LogP contribution in [0.25, 0.3) is 10.9 Å². The maximum Gasteiger partial charge on any atom is 0.0753 e. The van der Waals surface area contributed by atoms with Crippen molar-refractivity contribution in [2.24, 2.45) is 0 Å². The minimum atomic E-state index is 0.0994. The van der Waals surface area contributed by atoms with E-state index in [1.807, 2.05) is 38.5 Å². The van der Waals surface area contributed by atoms with Crippen molar-refractivity contribution in [3.63, 3.8) is 0 Å². The number of hydrogen-bond donors (Lipinski definition) is 1. The topological polar surface area (TPSA) is 37.8 Å². The molecule has 0 amide bonds. The highest BCUT2D eigenvalue weighted by atomic mass is 14.9. The van der Waals surface area contributed by atoms with Crippen LogP contribution in [0.3, 0.4) is 0 Å². The summed E-state index contributed by atoms with van der Waals surface area (Å²) in [5, 5.41) is 4.55. The lowest BCUT2D eigenvalue weighted by Crippen LogP contribution is -2.19. The van der Waals surface area contributed by atoms with Gasteiger partial charge in [0.1, 0.15) is 0 Å². The number of rotatable bonds is 3. The number of hydrogen-bond acceptors (Lipinski definition) is 3. The van der Waals surface area contributed by atoms with Gasteiger partial charge < -0.3 is 5.32 Å². The van der Waals surface area contributed by atoms with Crippen LogP contribution in [0.2, 0.25) is 0 Å². The Morgan fingerprint density at radius 2 is 1.60 bits per heavy atom. The molecule has 1 unspecified atom stereocenters. The van der Waals surface area contributed by atoms with Gasteiger partial charge in [-0.1, -0.05) is 30.3 Å². The van der Waals surface area contributed by atoms with Crippen LogP contribution in [-0.2, 0) is 0 Å². The molecule has 0 fully saturated rings. The average molecular weight is 263 g/mol. The quantitative estimate of drug-likeness (QED) is 0.788.